The lowest BCUT2D eigenvalue weighted by molar-refractivity contribution is -0.133. The molecule has 4 heteroatoms. The first-order valence-corrected chi connectivity index (χ1v) is 6.46. The lowest BCUT2D eigenvalue weighted by Crippen LogP contribution is -2.44. The van der Waals surface area contributed by atoms with Gasteiger partial charge in [-0.15, -0.1) is 0 Å². The van der Waals surface area contributed by atoms with Crippen LogP contribution in [0.4, 0.5) is 0 Å². The fourth-order valence-corrected chi connectivity index (χ4v) is 2.33. The predicted molar refractivity (Wildman–Crippen MR) is 70.2 cm³/mol. The molecular formula is C14H20N2O2. The minimum atomic E-state index is -0.111. The highest BCUT2D eigenvalue weighted by atomic mass is 16.3. The van der Waals surface area contributed by atoms with Crippen LogP contribution in [0.2, 0.25) is 0 Å². The number of hydrogen-bond donors (Lipinski definition) is 2. The molecular weight excluding hydrogens is 228 g/mol. The van der Waals surface area contributed by atoms with E-state index in [0.717, 1.165) is 18.7 Å². The molecule has 2 N–H and O–H groups in total. The van der Waals surface area contributed by atoms with Gasteiger partial charge in [-0.3, -0.25) is 4.79 Å². The monoisotopic (exact) mass is 248 g/mol. The van der Waals surface area contributed by atoms with Crippen molar-refractivity contribution in [1.82, 2.24) is 10.2 Å². The Morgan fingerprint density at radius 3 is 2.78 bits per heavy atom. The third-order valence-electron chi connectivity index (χ3n) is 3.33. The van der Waals surface area contributed by atoms with Gasteiger partial charge in [0.05, 0.1) is 12.6 Å². The number of aliphatic hydroxyl groups excluding tert-OH is 1. The Morgan fingerprint density at radius 2 is 2.06 bits per heavy atom. The summed E-state index contributed by atoms with van der Waals surface area (Å²) in [6.45, 7) is 2.23. The number of carbonyl (C=O) groups excluding carboxylic acids is 1. The quantitative estimate of drug-likeness (QED) is 0.811. The highest BCUT2D eigenvalue weighted by Crippen LogP contribution is 2.11. The van der Waals surface area contributed by atoms with Crippen LogP contribution in [0.15, 0.2) is 30.3 Å². The third-order valence-corrected chi connectivity index (χ3v) is 3.33. The van der Waals surface area contributed by atoms with Crippen LogP contribution in [-0.4, -0.2) is 48.2 Å². The molecule has 0 radical (unpaired) electrons. The van der Waals surface area contributed by atoms with Crippen molar-refractivity contribution in [1.29, 1.82) is 0 Å². The number of hydrogen-bond acceptors (Lipinski definition) is 3. The van der Waals surface area contributed by atoms with E-state index in [9.17, 15) is 9.90 Å². The van der Waals surface area contributed by atoms with Crippen molar-refractivity contribution in [2.24, 2.45) is 0 Å². The number of nitrogens with one attached hydrogen (secondary N) is 1. The van der Waals surface area contributed by atoms with Crippen molar-refractivity contribution >= 4 is 5.91 Å². The van der Waals surface area contributed by atoms with Gasteiger partial charge in [-0.1, -0.05) is 30.3 Å². The number of amides is 1. The highest BCUT2D eigenvalue weighted by molar-refractivity contribution is 5.77. The Morgan fingerprint density at radius 1 is 1.28 bits per heavy atom. The molecule has 0 bridgehead atoms. The van der Waals surface area contributed by atoms with E-state index in [1.54, 1.807) is 0 Å². The second-order valence-corrected chi connectivity index (χ2v) is 4.61. The summed E-state index contributed by atoms with van der Waals surface area (Å²) in [7, 11) is 0. The Kier molecular flexibility index (Phi) is 4.73. The fraction of sp³-hybridized carbons (Fsp3) is 0.500. The molecule has 1 heterocycles. The normalized spacial score (nSPS) is 18.5. The molecule has 0 saturated carbocycles. The second-order valence-electron chi connectivity index (χ2n) is 4.61. The van der Waals surface area contributed by atoms with Crippen LogP contribution < -0.4 is 5.32 Å². The molecule has 0 aromatic heterocycles. The average Bonchev–Trinajstić information content (AvgIpc) is 2.62. The fourth-order valence-electron chi connectivity index (χ4n) is 2.33. The molecule has 1 amide bonds. The molecule has 0 aliphatic carbocycles. The summed E-state index contributed by atoms with van der Waals surface area (Å²) in [5.74, 6) is 0.134. The van der Waals surface area contributed by atoms with Gasteiger partial charge in [0.25, 0.3) is 0 Å². The summed E-state index contributed by atoms with van der Waals surface area (Å²) in [5.41, 5.74) is 1.15. The van der Waals surface area contributed by atoms with Gasteiger partial charge in [0, 0.05) is 26.1 Å². The first-order chi connectivity index (χ1) is 8.81. The van der Waals surface area contributed by atoms with Gasteiger partial charge < -0.3 is 15.3 Å². The summed E-state index contributed by atoms with van der Waals surface area (Å²) in [6.07, 6.45) is 1.23. The van der Waals surface area contributed by atoms with Crippen molar-refractivity contribution in [3.63, 3.8) is 0 Å². The molecule has 4 nitrogen and oxygen atoms in total. The molecule has 2 rings (SSSR count). The zero-order chi connectivity index (χ0) is 12.8. The maximum Gasteiger partial charge on any atom is 0.224 e. The molecule has 18 heavy (non-hydrogen) atoms. The van der Waals surface area contributed by atoms with Crippen LogP contribution in [0.5, 0.6) is 0 Å². The Bertz CT molecular complexity index is 381. The van der Waals surface area contributed by atoms with E-state index in [0.29, 0.717) is 19.4 Å². The SMILES string of the molecule is O=C1CCNCCN1[C@H](CO)Cc1ccccc1. The molecule has 1 aromatic carbocycles. The van der Waals surface area contributed by atoms with E-state index < -0.39 is 0 Å². The van der Waals surface area contributed by atoms with E-state index >= 15 is 0 Å². The molecule has 1 fully saturated rings. The van der Waals surface area contributed by atoms with E-state index in [1.807, 2.05) is 35.2 Å². The van der Waals surface area contributed by atoms with Crippen LogP contribution in [0, 0.1) is 0 Å². The van der Waals surface area contributed by atoms with Gasteiger partial charge in [0.2, 0.25) is 5.91 Å². The summed E-state index contributed by atoms with van der Waals surface area (Å²) in [4.78, 5) is 13.8. The van der Waals surface area contributed by atoms with Crippen LogP contribution in [-0.2, 0) is 11.2 Å². The van der Waals surface area contributed by atoms with E-state index in [1.165, 1.54) is 0 Å². The summed E-state index contributed by atoms with van der Waals surface area (Å²) < 4.78 is 0. The number of nitrogens with zero attached hydrogens (tertiary/aromatic N) is 1. The Balaban J connectivity index is 2.05. The standard InChI is InChI=1S/C14H20N2O2/c17-11-13(10-12-4-2-1-3-5-12)16-9-8-15-7-6-14(16)18/h1-5,13,15,17H,6-11H2/t13-/m0/s1. The van der Waals surface area contributed by atoms with Crippen molar-refractivity contribution in [3.05, 3.63) is 35.9 Å². The smallest absolute Gasteiger partial charge is 0.224 e. The second kappa shape index (κ2) is 6.52. The van der Waals surface area contributed by atoms with Crippen LogP contribution >= 0.6 is 0 Å². The number of carbonyl (C=O) groups is 1. The van der Waals surface area contributed by atoms with Crippen molar-refractivity contribution in [2.75, 3.05) is 26.2 Å². The number of aliphatic hydroxyl groups is 1. The molecule has 98 valence electrons. The van der Waals surface area contributed by atoms with E-state index in [-0.39, 0.29) is 18.6 Å². The highest BCUT2D eigenvalue weighted by Gasteiger charge is 2.24. The summed E-state index contributed by atoms with van der Waals surface area (Å²) in [6, 6.07) is 9.88. The first-order valence-electron chi connectivity index (χ1n) is 6.46. The lowest BCUT2D eigenvalue weighted by Gasteiger charge is -2.29. The number of rotatable bonds is 4. The molecule has 1 aliphatic rings. The van der Waals surface area contributed by atoms with Crippen molar-refractivity contribution in [2.45, 2.75) is 18.9 Å². The van der Waals surface area contributed by atoms with E-state index in [2.05, 4.69) is 5.32 Å². The van der Waals surface area contributed by atoms with Crippen LogP contribution in [0.3, 0.4) is 0 Å². The van der Waals surface area contributed by atoms with Gasteiger partial charge in [-0.25, -0.2) is 0 Å². The molecule has 1 aromatic rings. The molecule has 0 spiro atoms. The number of benzene rings is 1. The molecule has 1 aliphatic heterocycles. The molecule has 1 atom stereocenters. The van der Waals surface area contributed by atoms with Gasteiger partial charge in [-0.2, -0.15) is 0 Å². The maximum atomic E-state index is 12.0. The maximum absolute atomic E-state index is 12.0. The van der Waals surface area contributed by atoms with Gasteiger partial charge >= 0.3 is 0 Å². The zero-order valence-corrected chi connectivity index (χ0v) is 10.5. The minimum Gasteiger partial charge on any atom is -0.394 e. The third kappa shape index (κ3) is 3.31. The predicted octanol–water partition coefficient (Wildman–Crippen LogP) is 0.412. The minimum absolute atomic E-state index is 0.0145. The molecule has 1 saturated heterocycles. The van der Waals surface area contributed by atoms with Crippen LogP contribution in [0.25, 0.3) is 0 Å². The Labute approximate surface area is 108 Å². The largest absolute Gasteiger partial charge is 0.394 e. The van der Waals surface area contributed by atoms with Crippen molar-refractivity contribution < 1.29 is 9.90 Å². The summed E-state index contributed by atoms with van der Waals surface area (Å²) in [5, 5.41) is 12.7. The van der Waals surface area contributed by atoms with Gasteiger partial charge in [0.15, 0.2) is 0 Å². The average molecular weight is 248 g/mol. The zero-order valence-electron chi connectivity index (χ0n) is 10.5. The van der Waals surface area contributed by atoms with E-state index in [4.69, 9.17) is 0 Å². The first kappa shape index (κ1) is 13.1. The summed E-state index contributed by atoms with van der Waals surface area (Å²) >= 11 is 0. The molecule has 0 unspecified atom stereocenters. The lowest BCUT2D eigenvalue weighted by atomic mass is 10.0. The van der Waals surface area contributed by atoms with Gasteiger partial charge in [0.1, 0.15) is 0 Å². The topological polar surface area (TPSA) is 52.6 Å². The Hall–Kier alpha value is -1.39. The van der Waals surface area contributed by atoms with Crippen molar-refractivity contribution in [3.8, 4) is 0 Å². The van der Waals surface area contributed by atoms with Gasteiger partial charge in [-0.05, 0) is 12.0 Å². The van der Waals surface area contributed by atoms with Crippen LogP contribution in [0.1, 0.15) is 12.0 Å².